The molecule has 2 aromatic carbocycles. The molecule has 0 bridgehead atoms. The zero-order valence-corrected chi connectivity index (χ0v) is 16.8. The number of hydrogen-bond donors (Lipinski definition) is 2. The highest BCUT2D eigenvalue weighted by atomic mass is 127. The van der Waals surface area contributed by atoms with E-state index in [0.717, 1.165) is 23.5 Å². The summed E-state index contributed by atoms with van der Waals surface area (Å²) in [6, 6.07) is 17.7. The van der Waals surface area contributed by atoms with Gasteiger partial charge in [-0.1, -0.05) is 30.3 Å². The van der Waals surface area contributed by atoms with Crippen molar-refractivity contribution in [1.29, 1.82) is 0 Å². The average Bonchev–Trinajstić information content (AvgIpc) is 3.13. The van der Waals surface area contributed by atoms with Crippen LogP contribution in [0, 0.1) is 0 Å². The van der Waals surface area contributed by atoms with Crippen LogP contribution in [0.25, 0.3) is 0 Å². The quantitative estimate of drug-likeness (QED) is 0.334. The lowest BCUT2D eigenvalue weighted by molar-refractivity contribution is 0.415. The largest absolute Gasteiger partial charge is 0.497 e. The Labute approximate surface area is 170 Å². The highest BCUT2D eigenvalue weighted by Gasteiger charge is 2.00. The smallest absolute Gasteiger partial charge is 0.193 e. The molecule has 7 heteroatoms. The first kappa shape index (κ1) is 19.8. The minimum absolute atomic E-state index is 0. The van der Waals surface area contributed by atoms with Gasteiger partial charge in [-0.3, -0.25) is 4.68 Å². The number of rotatable bonds is 6. The van der Waals surface area contributed by atoms with E-state index in [1.54, 1.807) is 13.3 Å². The predicted octanol–water partition coefficient (Wildman–Crippen LogP) is 3.48. The first-order valence-electron chi connectivity index (χ1n) is 7.99. The van der Waals surface area contributed by atoms with Crippen molar-refractivity contribution in [1.82, 2.24) is 9.78 Å². The molecule has 0 unspecified atom stereocenters. The van der Waals surface area contributed by atoms with Crippen LogP contribution in [0.5, 0.6) is 5.75 Å². The van der Waals surface area contributed by atoms with Crippen LogP contribution in [-0.4, -0.2) is 22.8 Å². The van der Waals surface area contributed by atoms with E-state index in [9.17, 15) is 0 Å². The van der Waals surface area contributed by atoms with Crippen LogP contribution in [0.2, 0.25) is 0 Å². The Hall–Kier alpha value is -2.55. The van der Waals surface area contributed by atoms with E-state index in [-0.39, 0.29) is 24.0 Å². The molecule has 3 aromatic rings. The second kappa shape index (κ2) is 9.81. The van der Waals surface area contributed by atoms with Crippen LogP contribution >= 0.6 is 24.0 Å². The van der Waals surface area contributed by atoms with Crippen LogP contribution in [0.1, 0.15) is 11.1 Å². The zero-order chi connectivity index (χ0) is 17.5. The summed E-state index contributed by atoms with van der Waals surface area (Å²) in [6.07, 6.45) is 3.72. The Morgan fingerprint density at radius 1 is 1.15 bits per heavy atom. The molecule has 1 heterocycles. The number of nitrogens with zero attached hydrogens (tertiary/aromatic N) is 3. The van der Waals surface area contributed by atoms with Gasteiger partial charge in [-0.05, 0) is 29.3 Å². The summed E-state index contributed by atoms with van der Waals surface area (Å²) in [4.78, 5) is 4.40. The first-order chi connectivity index (χ1) is 12.2. The van der Waals surface area contributed by atoms with Crippen molar-refractivity contribution in [2.24, 2.45) is 10.7 Å². The van der Waals surface area contributed by atoms with E-state index in [4.69, 9.17) is 10.5 Å². The molecule has 136 valence electrons. The first-order valence-corrected chi connectivity index (χ1v) is 7.99. The Kier molecular flexibility index (Phi) is 7.46. The molecule has 1 aromatic heterocycles. The Balaban J connectivity index is 0.00000243. The van der Waals surface area contributed by atoms with Gasteiger partial charge in [-0.25, -0.2) is 4.99 Å². The highest BCUT2D eigenvalue weighted by Crippen LogP contribution is 2.16. The maximum absolute atomic E-state index is 5.98. The molecule has 3 rings (SSSR count). The molecule has 0 aliphatic heterocycles. The molecule has 0 atom stereocenters. The van der Waals surface area contributed by atoms with Crippen LogP contribution in [-0.2, 0) is 13.1 Å². The molecule has 0 fully saturated rings. The number of guanidine groups is 1. The fourth-order valence-electron chi connectivity index (χ4n) is 2.47. The number of benzene rings is 2. The van der Waals surface area contributed by atoms with Crippen LogP contribution in [0.3, 0.4) is 0 Å². The molecule has 0 saturated carbocycles. The standard InChI is InChI=1S/C19H21N5O.HI/c1-25-18-8-3-7-17(12-18)23-19(20)21-13-15-5-2-6-16(11-15)14-24-10-4-9-22-24;/h2-12H,13-14H2,1H3,(H3,20,21,23);1H. The number of methoxy groups -OCH3 is 1. The molecule has 0 amide bonds. The van der Waals surface area contributed by atoms with Crippen molar-refractivity contribution in [3.05, 3.63) is 78.1 Å². The molecule has 0 aliphatic carbocycles. The van der Waals surface area contributed by atoms with Crippen LogP contribution in [0.15, 0.2) is 72.0 Å². The van der Waals surface area contributed by atoms with Crippen LogP contribution < -0.4 is 15.8 Å². The fourth-order valence-corrected chi connectivity index (χ4v) is 2.47. The summed E-state index contributed by atoms with van der Waals surface area (Å²) >= 11 is 0. The lowest BCUT2D eigenvalue weighted by atomic mass is 10.1. The van der Waals surface area contributed by atoms with Gasteiger partial charge in [0.15, 0.2) is 5.96 Å². The number of aromatic nitrogens is 2. The third-order valence-electron chi connectivity index (χ3n) is 3.67. The lowest BCUT2D eigenvalue weighted by Crippen LogP contribution is -2.22. The summed E-state index contributed by atoms with van der Waals surface area (Å²) in [5, 5.41) is 7.30. The zero-order valence-electron chi connectivity index (χ0n) is 14.5. The third-order valence-corrected chi connectivity index (χ3v) is 3.67. The van der Waals surface area contributed by atoms with Gasteiger partial charge in [-0.15, -0.1) is 24.0 Å². The van der Waals surface area contributed by atoms with Crippen molar-refractivity contribution in [3.63, 3.8) is 0 Å². The van der Waals surface area contributed by atoms with Gasteiger partial charge < -0.3 is 15.8 Å². The van der Waals surface area contributed by atoms with E-state index in [1.807, 2.05) is 53.3 Å². The molecule has 0 spiro atoms. The second-order valence-corrected chi connectivity index (χ2v) is 5.58. The number of nitrogens with one attached hydrogen (secondary N) is 1. The number of ether oxygens (including phenoxy) is 1. The molecule has 0 aliphatic rings. The Morgan fingerprint density at radius 2 is 1.96 bits per heavy atom. The molecule has 6 nitrogen and oxygen atoms in total. The Morgan fingerprint density at radius 3 is 2.73 bits per heavy atom. The van der Waals surface area contributed by atoms with Crippen LogP contribution in [0.4, 0.5) is 5.69 Å². The molecule has 0 saturated heterocycles. The van der Waals surface area contributed by atoms with Gasteiger partial charge in [-0.2, -0.15) is 5.10 Å². The lowest BCUT2D eigenvalue weighted by Gasteiger charge is -2.08. The van der Waals surface area contributed by atoms with Gasteiger partial charge in [0, 0.05) is 24.1 Å². The second-order valence-electron chi connectivity index (χ2n) is 5.58. The number of halogens is 1. The Bertz CT molecular complexity index is 849. The summed E-state index contributed by atoms with van der Waals surface area (Å²) in [7, 11) is 1.63. The van der Waals surface area contributed by atoms with Gasteiger partial charge in [0.1, 0.15) is 5.75 Å². The fraction of sp³-hybridized carbons (Fsp3) is 0.158. The van der Waals surface area contributed by atoms with Gasteiger partial charge in [0.25, 0.3) is 0 Å². The molecule has 26 heavy (non-hydrogen) atoms. The minimum Gasteiger partial charge on any atom is -0.497 e. The number of aliphatic imine (C=N–C) groups is 1. The molecule has 0 radical (unpaired) electrons. The van der Waals surface area contributed by atoms with E-state index in [0.29, 0.717) is 12.5 Å². The SMILES string of the molecule is COc1cccc(NC(N)=NCc2cccc(Cn3cccn3)c2)c1.I. The maximum atomic E-state index is 5.98. The topological polar surface area (TPSA) is 77.5 Å². The van der Waals surface area contributed by atoms with Crippen molar-refractivity contribution >= 4 is 35.6 Å². The summed E-state index contributed by atoms with van der Waals surface area (Å²) in [5.41, 5.74) is 9.09. The predicted molar refractivity (Wildman–Crippen MR) is 115 cm³/mol. The number of nitrogens with two attached hydrogens (primary N) is 1. The van der Waals surface area contributed by atoms with Crippen molar-refractivity contribution in [2.75, 3.05) is 12.4 Å². The number of anilines is 1. The minimum atomic E-state index is 0. The maximum Gasteiger partial charge on any atom is 0.193 e. The summed E-state index contributed by atoms with van der Waals surface area (Å²) in [5.74, 6) is 1.13. The normalized spacial score (nSPS) is 10.9. The summed E-state index contributed by atoms with van der Waals surface area (Å²) < 4.78 is 7.08. The van der Waals surface area contributed by atoms with E-state index < -0.39 is 0 Å². The molecular weight excluding hydrogens is 441 g/mol. The molecule has 3 N–H and O–H groups in total. The molecular formula is C19H22IN5O. The van der Waals surface area contributed by atoms with Gasteiger partial charge in [0.2, 0.25) is 0 Å². The van der Waals surface area contributed by atoms with Gasteiger partial charge in [0.05, 0.1) is 20.2 Å². The van der Waals surface area contributed by atoms with Gasteiger partial charge >= 0.3 is 0 Å². The van der Waals surface area contributed by atoms with E-state index >= 15 is 0 Å². The van der Waals surface area contributed by atoms with E-state index in [2.05, 4.69) is 27.5 Å². The average molecular weight is 463 g/mol. The van der Waals surface area contributed by atoms with Crippen molar-refractivity contribution in [2.45, 2.75) is 13.1 Å². The van der Waals surface area contributed by atoms with Crippen molar-refractivity contribution in [3.8, 4) is 5.75 Å². The van der Waals surface area contributed by atoms with Crippen molar-refractivity contribution < 1.29 is 4.74 Å². The highest BCUT2D eigenvalue weighted by molar-refractivity contribution is 14.0. The third kappa shape index (κ3) is 5.76. The summed E-state index contributed by atoms with van der Waals surface area (Å²) in [6.45, 7) is 1.25. The number of hydrogen-bond acceptors (Lipinski definition) is 3. The monoisotopic (exact) mass is 463 g/mol. The van der Waals surface area contributed by atoms with E-state index in [1.165, 1.54) is 5.56 Å².